The highest BCUT2D eigenvalue weighted by molar-refractivity contribution is 7.91. The van der Waals surface area contributed by atoms with E-state index >= 15 is 0 Å². The lowest BCUT2D eigenvalue weighted by molar-refractivity contribution is 0.250. The third-order valence-corrected chi connectivity index (χ3v) is 5.35. The van der Waals surface area contributed by atoms with Crippen molar-refractivity contribution in [2.45, 2.75) is 20.3 Å². The van der Waals surface area contributed by atoms with Gasteiger partial charge in [-0.1, -0.05) is 17.7 Å². The summed E-state index contributed by atoms with van der Waals surface area (Å²) in [6, 6.07) is 5.51. The van der Waals surface area contributed by atoms with Crippen molar-refractivity contribution in [3.8, 4) is 0 Å². The van der Waals surface area contributed by atoms with E-state index < -0.39 is 9.84 Å². The number of anilines is 1. The number of aryl methyl sites for hydroxylation is 2. The molecule has 0 spiro atoms. The Morgan fingerprint density at radius 1 is 1.35 bits per heavy atom. The van der Waals surface area contributed by atoms with Crippen LogP contribution in [-0.4, -0.2) is 32.5 Å². The van der Waals surface area contributed by atoms with E-state index in [0.717, 1.165) is 16.8 Å². The van der Waals surface area contributed by atoms with Crippen molar-refractivity contribution < 1.29 is 13.2 Å². The average Bonchev–Trinajstić information content (AvgIpc) is 2.70. The number of benzene rings is 1. The minimum Gasteiger partial charge on any atom is -0.338 e. The Labute approximate surface area is 119 Å². The van der Waals surface area contributed by atoms with Gasteiger partial charge in [0.25, 0.3) is 0 Å². The van der Waals surface area contributed by atoms with Gasteiger partial charge in [0.1, 0.15) is 0 Å². The molecule has 5 nitrogen and oxygen atoms in total. The largest absolute Gasteiger partial charge is 0.338 e. The Balaban J connectivity index is 1.84. The van der Waals surface area contributed by atoms with Crippen molar-refractivity contribution in [2.24, 2.45) is 5.92 Å². The zero-order valence-electron chi connectivity index (χ0n) is 11.8. The van der Waals surface area contributed by atoms with Crippen molar-refractivity contribution in [1.82, 2.24) is 5.32 Å². The zero-order chi connectivity index (χ0) is 14.8. The fourth-order valence-electron chi connectivity index (χ4n) is 2.39. The first kappa shape index (κ1) is 14.8. The van der Waals surface area contributed by atoms with E-state index in [1.54, 1.807) is 0 Å². The highest BCUT2D eigenvalue weighted by Gasteiger charge is 2.27. The van der Waals surface area contributed by atoms with Crippen molar-refractivity contribution >= 4 is 21.6 Å². The Morgan fingerprint density at radius 3 is 2.70 bits per heavy atom. The number of carbonyl (C=O) groups excluding carboxylic acids is 1. The first-order valence-electron chi connectivity index (χ1n) is 6.68. The van der Waals surface area contributed by atoms with Gasteiger partial charge in [-0.2, -0.15) is 0 Å². The fraction of sp³-hybridized carbons (Fsp3) is 0.500. The molecule has 1 unspecified atom stereocenters. The van der Waals surface area contributed by atoms with Crippen LogP contribution in [0.15, 0.2) is 18.2 Å². The van der Waals surface area contributed by atoms with E-state index in [9.17, 15) is 13.2 Å². The molecule has 110 valence electrons. The number of rotatable bonds is 3. The van der Waals surface area contributed by atoms with Gasteiger partial charge in [-0.15, -0.1) is 0 Å². The first-order valence-corrected chi connectivity index (χ1v) is 8.50. The van der Waals surface area contributed by atoms with Gasteiger partial charge in [-0.05, 0) is 37.8 Å². The molecule has 2 amide bonds. The summed E-state index contributed by atoms with van der Waals surface area (Å²) in [7, 11) is -2.89. The second-order valence-corrected chi connectivity index (χ2v) is 7.65. The molecule has 0 bridgehead atoms. The molecule has 1 aromatic rings. The highest BCUT2D eigenvalue weighted by Crippen LogP contribution is 2.18. The van der Waals surface area contributed by atoms with E-state index in [4.69, 9.17) is 0 Å². The van der Waals surface area contributed by atoms with Gasteiger partial charge in [0.2, 0.25) is 0 Å². The maximum Gasteiger partial charge on any atom is 0.319 e. The molecule has 1 aliphatic heterocycles. The Kier molecular flexibility index (Phi) is 4.32. The topological polar surface area (TPSA) is 75.3 Å². The van der Waals surface area contributed by atoms with E-state index in [-0.39, 0.29) is 23.5 Å². The van der Waals surface area contributed by atoms with Gasteiger partial charge >= 0.3 is 6.03 Å². The van der Waals surface area contributed by atoms with Crippen molar-refractivity contribution in [2.75, 3.05) is 23.4 Å². The smallest absolute Gasteiger partial charge is 0.319 e. The summed E-state index contributed by atoms with van der Waals surface area (Å²) in [5, 5.41) is 5.52. The van der Waals surface area contributed by atoms with Crippen LogP contribution >= 0.6 is 0 Å². The first-order chi connectivity index (χ1) is 9.35. The molecular weight excluding hydrogens is 276 g/mol. The summed E-state index contributed by atoms with van der Waals surface area (Å²) in [5.74, 6) is 0.444. The zero-order valence-corrected chi connectivity index (χ0v) is 12.6. The molecule has 1 heterocycles. The average molecular weight is 296 g/mol. The second-order valence-electron chi connectivity index (χ2n) is 5.42. The number of hydrogen-bond donors (Lipinski definition) is 2. The Hall–Kier alpha value is -1.56. The Bertz CT molecular complexity index is 611. The number of urea groups is 1. The molecule has 2 rings (SSSR count). The van der Waals surface area contributed by atoms with Gasteiger partial charge in [-0.25, -0.2) is 13.2 Å². The van der Waals surface area contributed by atoms with E-state index in [2.05, 4.69) is 10.6 Å². The Morgan fingerprint density at radius 2 is 2.10 bits per heavy atom. The van der Waals surface area contributed by atoms with Crippen LogP contribution in [0.25, 0.3) is 0 Å². The maximum absolute atomic E-state index is 11.8. The summed E-state index contributed by atoms with van der Waals surface area (Å²) in [6.07, 6.45) is 0.631. The highest BCUT2D eigenvalue weighted by atomic mass is 32.2. The van der Waals surface area contributed by atoms with E-state index in [0.29, 0.717) is 13.0 Å². The molecule has 6 heteroatoms. The van der Waals surface area contributed by atoms with Crippen LogP contribution in [-0.2, 0) is 9.84 Å². The summed E-state index contributed by atoms with van der Waals surface area (Å²) in [5.41, 5.74) is 2.92. The molecule has 20 heavy (non-hydrogen) atoms. The molecule has 0 radical (unpaired) electrons. The van der Waals surface area contributed by atoms with Crippen molar-refractivity contribution in [3.05, 3.63) is 29.3 Å². The number of carbonyl (C=O) groups is 1. The van der Waals surface area contributed by atoms with Crippen LogP contribution in [0.2, 0.25) is 0 Å². The van der Waals surface area contributed by atoms with Gasteiger partial charge in [0.15, 0.2) is 9.84 Å². The number of amides is 2. The van der Waals surface area contributed by atoms with Crippen LogP contribution in [0.3, 0.4) is 0 Å². The molecule has 1 saturated heterocycles. The third-order valence-electron chi connectivity index (χ3n) is 3.51. The van der Waals surface area contributed by atoms with Gasteiger partial charge in [0.05, 0.1) is 11.5 Å². The standard InChI is InChI=1S/C14H20N2O3S/c1-10-3-4-13(11(2)7-10)16-14(17)15-8-12-5-6-20(18,19)9-12/h3-4,7,12H,5-6,8-9H2,1-2H3,(H2,15,16,17). The molecule has 1 fully saturated rings. The fourth-order valence-corrected chi connectivity index (χ4v) is 4.25. The molecule has 1 aliphatic rings. The van der Waals surface area contributed by atoms with Crippen LogP contribution in [0, 0.1) is 19.8 Å². The third kappa shape index (κ3) is 3.96. The summed E-state index contributed by atoms with van der Waals surface area (Å²) in [6.45, 7) is 4.33. The van der Waals surface area contributed by atoms with Gasteiger partial charge < -0.3 is 10.6 Å². The van der Waals surface area contributed by atoms with Crippen molar-refractivity contribution in [1.29, 1.82) is 0 Å². The van der Waals surface area contributed by atoms with E-state index in [1.165, 1.54) is 0 Å². The van der Waals surface area contributed by atoms with E-state index in [1.807, 2.05) is 32.0 Å². The molecule has 2 N–H and O–H groups in total. The number of nitrogens with one attached hydrogen (secondary N) is 2. The second kappa shape index (κ2) is 5.83. The summed E-state index contributed by atoms with van der Waals surface area (Å²) >= 11 is 0. The molecule has 0 aromatic heterocycles. The number of sulfone groups is 1. The van der Waals surface area contributed by atoms with Crippen LogP contribution in [0.1, 0.15) is 17.5 Å². The molecule has 0 aliphatic carbocycles. The molecule has 0 saturated carbocycles. The van der Waals surface area contributed by atoms with Gasteiger partial charge in [0, 0.05) is 12.2 Å². The minimum absolute atomic E-state index is 0.0323. The van der Waals surface area contributed by atoms with Gasteiger partial charge in [-0.3, -0.25) is 0 Å². The lowest BCUT2D eigenvalue weighted by Gasteiger charge is -2.12. The minimum atomic E-state index is -2.89. The lowest BCUT2D eigenvalue weighted by Crippen LogP contribution is -2.33. The molecular formula is C14H20N2O3S. The lowest BCUT2D eigenvalue weighted by atomic mass is 10.1. The molecule has 1 aromatic carbocycles. The predicted octanol–water partition coefficient (Wildman–Crippen LogP) is 1.86. The normalized spacial score (nSPS) is 20.6. The quantitative estimate of drug-likeness (QED) is 0.894. The summed E-state index contributed by atoms with van der Waals surface area (Å²) < 4.78 is 22.6. The summed E-state index contributed by atoms with van der Waals surface area (Å²) in [4.78, 5) is 11.8. The van der Waals surface area contributed by atoms with Crippen LogP contribution in [0.4, 0.5) is 10.5 Å². The van der Waals surface area contributed by atoms with Crippen LogP contribution in [0.5, 0.6) is 0 Å². The maximum atomic E-state index is 11.8. The predicted molar refractivity (Wildman–Crippen MR) is 79.7 cm³/mol. The van der Waals surface area contributed by atoms with Crippen molar-refractivity contribution in [3.63, 3.8) is 0 Å². The number of hydrogen-bond acceptors (Lipinski definition) is 3. The molecule has 1 atom stereocenters. The monoisotopic (exact) mass is 296 g/mol. The SMILES string of the molecule is Cc1ccc(NC(=O)NCC2CCS(=O)(=O)C2)c(C)c1. The van der Waals surface area contributed by atoms with Crippen LogP contribution < -0.4 is 10.6 Å².